The maximum atomic E-state index is 10.5. The molecule has 2 aliphatic rings. The summed E-state index contributed by atoms with van der Waals surface area (Å²) in [4.78, 5) is 2.38. The van der Waals surface area contributed by atoms with Gasteiger partial charge in [0.05, 0.1) is 6.04 Å². The van der Waals surface area contributed by atoms with Crippen molar-refractivity contribution in [2.45, 2.75) is 31.4 Å². The highest BCUT2D eigenvalue weighted by atomic mass is 16.5. The van der Waals surface area contributed by atoms with E-state index in [0.29, 0.717) is 6.61 Å². The van der Waals surface area contributed by atoms with Crippen molar-refractivity contribution in [3.8, 4) is 5.75 Å². The summed E-state index contributed by atoms with van der Waals surface area (Å²) >= 11 is 0. The predicted octanol–water partition coefficient (Wildman–Crippen LogP) is 1.97. The summed E-state index contributed by atoms with van der Waals surface area (Å²) in [5, 5.41) is 10.5. The van der Waals surface area contributed by atoms with E-state index in [9.17, 15) is 5.11 Å². The number of hydrogen-bond donors (Lipinski definition) is 1. The van der Waals surface area contributed by atoms with Crippen LogP contribution in [0.15, 0.2) is 24.3 Å². The zero-order valence-electron chi connectivity index (χ0n) is 10.0. The van der Waals surface area contributed by atoms with Gasteiger partial charge in [0.1, 0.15) is 18.5 Å². The average Bonchev–Trinajstić information content (AvgIpc) is 2.40. The first-order chi connectivity index (χ1) is 8.36. The van der Waals surface area contributed by atoms with Crippen molar-refractivity contribution in [3.63, 3.8) is 0 Å². The van der Waals surface area contributed by atoms with Gasteiger partial charge in [-0.25, -0.2) is 0 Å². The molecule has 3 heteroatoms. The zero-order chi connectivity index (χ0) is 11.7. The lowest BCUT2D eigenvalue weighted by molar-refractivity contribution is -0.00433. The molecule has 1 N–H and O–H groups in total. The van der Waals surface area contributed by atoms with Gasteiger partial charge < -0.3 is 9.84 Å². The van der Waals surface area contributed by atoms with Crippen molar-refractivity contribution in [1.29, 1.82) is 0 Å². The smallest absolute Gasteiger partial charge is 0.125 e. The topological polar surface area (TPSA) is 32.7 Å². The fraction of sp³-hybridized carbons (Fsp3) is 0.571. The molecule has 2 atom stereocenters. The van der Waals surface area contributed by atoms with E-state index >= 15 is 0 Å². The van der Waals surface area contributed by atoms with Crippen LogP contribution >= 0.6 is 0 Å². The van der Waals surface area contributed by atoms with Crippen molar-refractivity contribution in [2.24, 2.45) is 0 Å². The Morgan fingerprint density at radius 2 is 1.88 bits per heavy atom. The Morgan fingerprint density at radius 3 is 2.71 bits per heavy atom. The number of hydrogen-bond acceptors (Lipinski definition) is 3. The van der Waals surface area contributed by atoms with Crippen molar-refractivity contribution >= 4 is 0 Å². The summed E-state index contributed by atoms with van der Waals surface area (Å²) < 4.78 is 5.76. The van der Waals surface area contributed by atoms with Gasteiger partial charge in [0, 0.05) is 5.56 Å². The molecule has 2 heterocycles. The minimum atomic E-state index is -0.405. The lowest BCUT2D eigenvalue weighted by atomic mass is 9.96. The molecule has 0 amide bonds. The van der Waals surface area contributed by atoms with Crippen molar-refractivity contribution in [3.05, 3.63) is 29.8 Å². The molecule has 1 fully saturated rings. The third-order valence-electron chi connectivity index (χ3n) is 3.87. The summed E-state index contributed by atoms with van der Waals surface area (Å²) in [6.07, 6.45) is 3.39. The summed E-state index contributed by atoms with van der Waals surface area (Å²) in [6.45, 7) is 2.79. The maximum absolute atomic E-state index is 10.5. The van der Waals surface area contributed by atoms with Gasteiger partial charge in [-0.15, -0.1) is 0 Å². The second kappa shape index (κ2) is 4.67. The molecule has 0 saturated carbocycles. The molecule has 0 aliphatic carbocycles. The minimum absolute atomic E-state index is 0.130. The molecule has 2 unspecified atom stereocenters. The van der Waals surface area contributed by atoms with Crippen LogP contribution < -0.4 is 4.74 Å². The van der Waals surface area contributed by atoms with Gasteiger partial charge >= 0.3 is 0 Å². The largest absolute Gasteiger partial charge is 0.491 e. The van der Waals surface area contributed by atoms with Crippen LogP contribution in [-0.4, -0.2) is 35.7 Å². The number of fused-ring (bicyclic) bond motifs is 1. The molecule has 92 valence electrons. The van der Waals surface area contributed by atoms with E-state index in [4.69, 9.17) is 4.74 Å². The van der Waals surface area contributed by atoms with Crippen molar-refractivity contribution in [1.82, 2.24) is 4.90 Å². The first-order valence-electron chi connectivity index (χ1n) is 6.50. The number of aliphatic hydroxyl groups excluding tert-OH is 1. The van der Waals surface area contributed by atoms with Gasteiger partial charge in [-0.3, -0.25) is 4.90 Å². The maximum Gasteiger partial charge on any atom is 0.125 e. The first-order valence-corrected chi connectivity index (χ1v) is 6.50. The Bertz CT molecular complexity index is 388. The number of piperidine rings is 1. The van der Waals surface area contributed by atoms with Gasteiger partial charge in [-0.05, 0) is 32.0 Å². The highest BCUT2D eigenvalue weighted by Crippen LogP contribution is 2.34. The number of para-hydroxylation sites is 1. The molecule has 0 radical (unpaired) electrons. The van der Waals surface area contributed by atoms with Gasteiger partial charge in [0.25, 0.3) is 0 Å². The van der Waals surface area contributed by atoms with E-state index in [0.717, 1.165) is 24.4 Å². The summed E-state index contributed by atoms with van der Waals surface area (Å²) in [5.41, 5.74) is 0.939. The van der Waals surface area contributed by atoms with Crippen LogP contribution in [0.5, 0.6) is 5.75 Å². The van der Waals surface area contributed by atoms with Crippen LogP contribution in [0.1, 0.15) is 30.9 Å². The Hall–Kier alpha value is -1.06. The minimum Gasteiger partial charge on any atom is -0.491 e. The molecule has 0 aromatic heterocycles. The van der Waals surface area contributed by atoms with Crippen molar-refractivity contribution in [2.75, 3.05) is 19.7 Å². The number of aliphatic hydroxyl groups is 1. The van der Waals surface area contributed by atoms with E-state index < -0.39 is 6.10 Å². The molecule has 0 bridgehead atoms. The molecule has 2 aliphatic heterocycles. The number of ether oxygens (including phenoxy) is 1. The van der Waals surface area contributed by atoms with Crippen LogP contribution in [0.25, 0.3) is 0 Å². The van der Waals surface area contributed by atoms with Gasteiger partial charge in [-0.1, -0.05) is 24.6 Å². The van der Waals surface area contributed by atoms with E-state index in [1.807, 2.05) is 24.3 Å². The SMILES string of the molecule is OC1c2ccccc2OCC1N1CCCCC1. The second-order valence-corrected chi connectivity index (χ2v) is 4.96. The third-order valence-corrected chi connectivity index (χ3v) is 3.87. The van der Waals surface area contributed by atoms with Crippen LogP contribution in [0.2, 0.25) is 0 Å². The number of rotatable bonds is 1. The monoisotopic (exact) mass is 233 g/mol. The third kappa shape index (κ3) is 2.05. The van der Waals surface area contributed by atoms with E-state index in [1.54, 1.807) is 0 Å². The van der Waals surface area contributed by atoms with Crippen molar-refractivity contribution < 1.29 is 9.84 Å². The summed E-state index contributed by atoms with van der Waals surface area (Å²) in [7, 11) is 0. The lowest BCUT2D eigenvalue weighted by Crippen LogP contribution is -2.48. The molecule has 17 heavy (non-hydrogen) atoms. The highest BCUT2D eigenvalue weighted by Gasteiger charge is 2.33. The Morgan fingerprint density at radius 1 is 1.12 bits per heavy atom. The highest BCUT2D eigenvalue weighted by molar-refractivity contribution is 5.37. The van der Waals surface area contributed by atoms with E-state index in [2.05, 4.69) is 4.90 Å². The standard InChI is InChI=1S/C14H19NO2/c16-14-11-6-2-3-7-13(11)17-10-12(14)15-8-4-1-5-9-15/h2-3,6-7,12,14,16H,1,4-5,8-10H2. The number of benzene rings is 1. The summed E-state index contributed by atoms with van der Waals surface area (Å²) in [6, 6.07) is 7.95. The van der Waals surface area contributed by atoms with Crippen LogP contribution in [0, 0.1) is 0 Å². The number of likely N-dealkylation sites (tertiary alicyclic amines) is 1. The van der Waals surface area contributed by atoms with Crippen LogP contribution in [-0.2, 0) is 0 Å². The van der Waals surface area contributed by atoms with Crippen LogP contribution in [0.3, 0.4) is 0 Å². The second-order valence-electron chi connectivity index (χ2n) is 4.96. The zero-order valence-corrected chi connectivity index (χ0v) is 10.0. The normalized spacial score (nSPS) is 29.5. The molecule has 1 aromatic carbocycles. The fourth-order valence-corrected chi connectivity index (χ4v) is 2.89. The Balaban J connectivity index is 1.81. The van der Waals surface area contributed by atoms with E-state index in [1.165, 1.54) is 19.3 Å². The molecule has 1 saturated heterocycles. The molecule has 0 spiro atoms. The molecule has 1 aromatic rings. The molecular formula is C14H19NO2. The van der Waals surface area contributed by atoms with E-state index in [-0.39, 0.29) is 6.04 Å². The number of nitrogens with zero attached hydrogens (tertiary/aromatic N) is 1. The quantitative estimate of drug-likeness (QED) is 0.805. The predicted molar refractivity (Wildman–Crippen MR) is 66.1 cm³/mol. The van der Waals surface area contributed by atoms with Gasteiger partial charge in [0.15, 0.2) is 0 Å². The van der Waals surface area contributed by atoms with Crippen LogP contribution in [0.4, 0.5) is 0 Å². The average molecular weight is 233 g/mol. The van der Waals surface area contributed by atoms with Gasteiger partial charge in [0.2, 0.25) is 0 Å². The fourth-order valence-electron chi connectivity index (χ4n) is 2.89. The molecule has 3 nitrogen and oxygen atoms in total. The lowest BCUT2D eigenvalue weighted by Gasteiger charge is -2.40. The van der Waals surface area contributed by atoms with Gasteiger partial charge in [-0.2, -0.15) is 0 Å². The summed E-state index contributed by atoms with van der Waals surface area (Å²) in [5.74, 6) is 0.841. The Labute approximate surface area is 102 Å². The first kappa shape index (κ1) is 11.1. The molecule has 3 rings (SSSR count). The Kier molecular flexibility index (Phi) is 3.04. The molecular weight excluding hydrogens is 214 g/mol.